The molecule has 1 rings (SSSR count). The molecule has 0 spiro atoms. The van der Waals surface area contributed by atoms with Crippen molar-refractivity contribution in [2.75, 3.05) is 5.75 Å². The van der Waals surface area contributed by atoms with E-state index in [1.54, 1.807) is 17.8 Å². The third kappa shape index (κ3) is 4.42. The van der Waals surface area contributed by atoms with Gasteiger partial charge >= 0.3 is 5.97 Å². The summed E-state index contributed by atoms with van der Waals surface area (Å²) in [5.41, 5.74) is 0.626. The Morgan fingerprint density at radius 2 is 2.11 bits per heavy atom. The standard InChI is InChI=1S/C14H19BrO3S/c1-3-4-5-8-19-9(2)12-11(15)7-6-10(13(12)16)14(17)18/h6-7,9,16H,3-5,8H2,1-2H3,(H,17,18). The molecule has 3 nitrogen and oxygen atoms in total. The summed E-state index contributed by atoms with van der Waals surface area (Å²) >= 11 is 5.12. The molecule has 1 aromatic rings. The Labute approximate surface area is 126 Å². The average Bonchev–Trinajstić information content (AvgIpc) is 2.34. The second kappa shape index (κ2) is 7.80. The molecule has 19 heavy (non-hydrogen) atoms. The smallest absolute Gasteiger partial charge is 0.339 e. The zero-order valence-corrected chi connectivity index (χ0v) is 13.6. The van der Waals surface area contributed by atoms with Crippen LogP contribution in [0.4, 0.5) is 0 Å². The highest BCUT2D eigenvalue weighted by Crippen LogP contribution is 2.41. The highest BCUT2D eigenvalue weighted by molar-refractivity contribution is 9.10. The van der Waals surface area contributed by atoms with Gasteiger partial charge < -0.3 is 10.2 Å². The van der Waals surface area contributed by atoms with E-state index in [0.717, 1.165) is 16.6 Å². The summed E-state index contributed by atoms with van der Waals surface area (Å²) in [4.78, 5) is 11.0. The van der Waals surface area contributed by atoms with Crippen LogP contribution < -0.4 is 0 Å². The number of unbranched alkanes of at least 4 members (excludes halogenated alkanes) is 2. The molecule has 1 aromatic carbocycles. The van der Waals surface area contributed by atoms with Crippen LogP contribution in [0.15, 0.2) is 16.6 Å². The summed E-state index contributed by atoms with van der Waals surface area (Å²) in [6, 6.07) is 3.10. The van der Waals surface area contributed by atoms with Gasteiger partial charge in [-0.1, -0.05) is 35.7 Å². The minimum atomic E-state index is -1.10. The van der Waals surface area contributed by atoms with Crippen LogP contribution >= 0.6 is 27.7 Å². The Morgan fingerprint density at radius 1 is 1.42 bits per heavy atom. The molecule has 0 bridgehead atoms. The van der Waals surface area contributed by atoms with Gasteiger partial charge in [0.05, 0.1) is 0 Å². The third-order valence-corrected chi connectivity index (χ3v) is 4.87. The van der Waals surface area contributed by atoms with Gasteiger partial charge in [-0.2, -0.15) is 11.8 Å². The topological polar surface area (TPSA) is 57.5 Å². The Morgan fingerprint density at radius 3 is 2.68 bits per heavy atom. The normalized spacial score (nSPS) is 12.4. The van der Waals surface area contributed by atoms with E-state index in [1.807, 2.05) is 6.92 Å². The first-order valence-corrected chi connectivity index (χ1v) is 8.19. The number of aromatic carboxylic acids is 1. The van der Waals surface area contributed by atoms with Crippen LogP contribution in [-0.4, -0.2) is 21.9 Å². The van der Waals surface area contributed by atoms with Crippen LogP contribution in [-0.2, 0) is 0 Å². The lowest BCUT2D eigenvalue weighted by Crippen LogP contribution is -2.01. The molecule has 0 aliphatic heterocycles. The van der Waals surface area contributed by atoms with Gasteiger partial charge in [0, 0.05) is 15.3 Å². The van der Waals surface area contributed by atoms with Crippen molar-refractivity contribution >= 4 is 33.7 Å². The fourth-order valence-corrected chi connectivity index (χ4v) is 3.78. The minimum absolute atomic E-state index is 0.0424. The highest BCUT2D eigenvalue weighted by atomic mass is 79.9. The Bertz CT molecular complexity index is 449. The fraction of sp³-hybridized carbons (Fsp3) is 0.500. The summed E-state index contributed by atoms with van der Waals surface area (Å²) in [5, 5.41) is 19.2. The molecule has 0 heterocycles. The number of carboxylic acids is 1. The van der Waals surface area contributed by atoms with E-state index in [0.29, 0.717) is 5.56 Å². The molecule has 0 radical (unpaired) electrons. The van der Waals surface area contributed by atoms with Crippen LogP contribution in [0.3, 0.4) is 0 Å². The second-order valence-corrected chi connectivity index (χ2v) is 6.69. The van der Waals surface area contributed by atoms with E-state index in [2.05, 4.69) is 22.9 Å². The first kappa shape index (κ1) is 16.4. The molecule has 0 aromatic heterocycles. The van der Waals surface area contributed by atoms with Crippen LogP contribution in [0, 0.1) is 0 Å². The number of halogens is 1. The van der Waals surface area contributed by atoms with Crippen LogP contribution in [0.25, 0.3) is 0 Å². The Kier molecular flexibility index (Phi) is 6.72. The molecule has 0 saturated carbocycles. The lowest BCUT2D eigenvalue weighted by molar-refractivity contribution is 0.0693. The fourth-order valence-electron chi connectivity index (χ4n) is 1.84. The molecular weight excluding hydrogens is 328 g/mol. The van der Waals surface area contributed by atoms with Gasteiger partial charge in [-0.05, 0) is 31.2 Å². The molecule has 0 aliphatic carbocycles. The van der Waals surface area contributed by atoms with Gasteiger partial charge in [-0.25, -0.2) is 4.79 Å². The van der Waals surface area contributed by atoms with Gasteiger partial charge in [0.15, 0.2) is 0 Å². The third-order valence-electron chi connectivity index (χ3n) is 2.92. The number of hydrogen-bond donors (Lipinski definition) is 2. The number of hydrogen-bond acceptors (Lipinski definition) is 3. The van der Waals surface area contributed by atoms with Crippen molar-refractivity contribution in [3.8, 4) is 5.75 Å². The van der Waals surface area contributed by atoms with Crippen LogP contribution in [0.1, 0.15) is 54.3 Å². The van der Waals surface area contributed by atoms with Gasteiger partial charge in [-0.15, -0.1) is 0 Å². The minimum Gasteiger partial charge on any atom is -0.507 e. The molecule has 2 N–H and O–H groups in total. The molecule has 0 amide bonds. The molecule has 5 heteroatoms. The summed E-state index contributed by atoms with van der Waals surface area (Å²) in [6.07, 6.45) is 3.52. The maximum absolute atomic E-state index is 11.0. The lowest BCUT2D eigenvalue weighted by Gasteiger charge is -2.16. The summed E-state index contributed by atoms with van der Waals surface area (Å²) in [6.45, 7) is 4.15. The van der Waals surface area contributed by atoms with Crippen LogP contribution in [0.5, 0.6) is 5.75 Å². The van der Waals surface area contributed by atoms with Crippen LogP contribution in [0.2, 0.25) is 0 Å². The second-order valence-electron chi connectivity index (χ2n) is 4.38. The Balaban J connectivity index is 2.86. The zero-order valence-electron chi connectivity index (χ0n) is 11.1. The number of carboxylic acid groups (broad SMARTS) is 1. The van der Waals surface area contributed by atoms with Crippen molar-refractivity contribution in [2.24, 2.45) is 0 Å². The van der Waals surface area contributed by atoms with Crippen molar-refractivity contribution in [2.45, 2.75) is 38.4 Å². The van der Waals surface area contributed by atoms with Crippen molar-refractivity contribution < 1.29 is 15.0 Å². The maximum atomic E-state index is 11.0. The quantitative estimate of drug-likeness (QED) is 0.693. The van der Waals surface area contributed by atoms with Crippen molar-refractivity contribution in [1.29, 1.82) is 0 Å². The monoisotopic (exact) mass is 346 g/mol. The van der Waals surface area contributed by atoms with Crippen molar-refractivity contribution in [3.63, 3.8) is 0 Å². The summed E-state index contributed by atoms with van der Waals surface area (Å²) in [5.74, 6) is -0.218. The van der Waals surface area contributed by atoms with Crippen molar-refractivity contribution in [1.82, 2.24) is 0 Å². The predicted octanol–water partition coefficient (Wildman–Crippen LogP) is 4.84. The molecule has 0 aliphatic rings. The maximum Gasteiger partial charge on any atom is 0.339 e. The van der Waals surface area contributed by atoms with Gasteiger partial charge in [0.2, 0.25) is 0 Å². The lowest BCUT2D eigenvalue weighted by atomic mass is 10.1. The number of rotatable bonds is 7. The summed E-state index contributed by atoms with van der Waals surface area (Å²) < 4.78 is 0.755. The predicted molar refractivity (Wildman–Crippen MR) is 83.2 cm³/mol. The van der Waals surface area contributed by atoms with E-state index in [1.165, 1.54) is 18.9 Å². The number of aromatic hydroxyl groups is 1. The number of phenols is 1. The molecule has 0 saturated heterocycles. The molecule has 1 atom stereocenters. The Hall–Kier alpha value is -0.680. The van der Waals surface area contributed by atoms with Gasteiger partial charge in [0.25, 0.3) is 0 Å². The molecule has 1 unspecified atom stereocenters. The molecule has 0 fully saturated rings. The van der Waals surface area contributed by atoms with Gasteiger partial charge in [0.1, 0.15) is 11.3 Å². The SMILES string of the molecule is CCCCCSC(C)c1c(Br)ccc(C(=O)O)c1O. The molecular formula is C14H19BrO3S. The van der Waals surface area contributed by atoms with E-state index in [-0.39, 0.29) is 16.6 Å². The van der Waals surface area contributed by atoms with E-state index >= 15 is 0 Å². The first-order chi connectivity index (χ1) is 8.99. The average molecular weight is 347 g/mol. The van der Waals surface area contributed by atoms with Gasteiger partial charge in [-0.3, -0.25) is 0 Å². The van der Waals surface area contributed by atoms with Crippen molar-refractivity contribution in [3.05, 3.63) is 27.7 Å². The van der Waals surface area contributed by atoms with E-state index in [9.17, 15) is 9.90 Å². The number of benzene rings is 1. The number of carbonyl (C=O) groups is 1. The number of thioether (sulfide) groups is 1. The van der Waals surface area contributed by atoms with E-state index < -0.39 is 5.97 Å². The zero-order chi connectivity index (χ0) is 14.4. The highest BCUT2D eigenvalue weighted by Gasteiger charge is 2.20. The van der Waals surface area contributed by atoms with E-state index in [4.69, 9.17) is 5.11 Å². The summed E-state index contributed by atoms with van der Waals surface area (Å²) in [7, 11) is 0. The largest absolute Gasteiger partial charge is 0.507 e. The molecule has 106 valence electrons. The first-order valence-electron chi connectivity index (χ1n) is 6.35.